The minimum Gasteiger partial charge on any atom is -0.293 e. The Morgan fingerprint density at radius 3 is 2.60 bits per heavy atom. The van der Waals surface area contributed by atoms with Crippen LogP contribution in [0.2, 0.25) is 0 Å². The van der Waals surface area contributed by atoms with E-state index in [1.54, 1.807) is 0 Å². The summed E-state index contributed by atoms with van der Waals surface area (Å²) in [7, 11) is 10.2. The molecule has 0 amide bonds. The van der Waals surface area contributed by atoms with Crippen LogP contribution in [0.3, 0.4) is 0 Å². The van der Waals surface area contributed by atoms with Crippen LogP contribution in [0.4, 0.5) is 0 Å². The fraction of sp³-hybridized carbons (Fsp3) is 1.00. The molecule has 2 atom stereocenters. The molecule has 1 heterocycles. The molecule has 1 unspecified atom stereocenters. The summed E-state index contributed by atoms with van der Waals surface area (Å²) >= 11 is 0. The van der Waals surface area contributed by atoms with Crippen LogP contribution in [-0.2, 0) is 0 Å². The Bertz CT molecular complexity index is 149. The Labute approximate surface area is 66.8 Å². The summed E-state index contributed by atoms with van der Waals surface area (Å²) < 4.78 is 2.28. The van der Waals surface area contributed by atoms with Crippen molar-refractivity contribution < 1.29 is 0 Å². The van der Waals surface area contributed by atoms with Gasteiger partial charge in [-0.1, -0.05) is 9.39 Å². The average Bonchev–Trinajstić information content (AvgIpc) is 2.60. The second kappa shape index (κ2) is 2.25. The zero-order valence-corrected chi connectivity index (χ0v) is 7.24. The second-order valence-electron chi connectivity index (χ2n) is 3.49. The highest BCUT2D eigenvalue weighted by atomic mass is 31.0. The van der Waals surface area contributed by atoms with Crippen LogP contribution in [0.25, 0.3) is 0 Å². The zero-order chi connectivity index (χ0) is 7.19. The van der Waals surface area contributed by atoms with Gasteiger partial charge in [-0.3, -0.25) is 4.67 Å². The molecule has 51 valence electrons. The molecular weight excluding hydrogens is 139 g/mol. The summed E-state index contributed by atoms with van der Waals surface area (Å²) in [6.45, 7) is 1.20. The first kappa shape index (κ1) is 7.18. The standard InChI is InChI=1S/C6H11B2NP/c7-8-5-6(1-2-6)3-4-9(5)10/h5H,1-4,10H2/t5-/m0/s1. The van der Waals surface area contributed by atoms with Crippen LogP contribution in [0, 0.1) is 5.41 Å². The molecule has 1 nitrogen and oxygen atoms in total. The Hall–Kier alpha value is 0.520. The van der Waals surface area contributed by atoms with Crippen LogP contribution in [0.1, 0.15) is 19.3 Å². The normalized spacial score (nSPS) is 36.7. The topological polar surface area (TPSA) is 3.24 Å². The lowest BCUT2D eigenvalue weighted by Crippen LogP contribution is -2.32. The minimum absolute atomic E-state index is 0.539. The van der Waals surface area contributed by atoms with Crippen molar-refractivity contribution in [2.24, 2.45) is 5.41 Å². The van der Waals surface area contributed by atoms with Crippen molar-refractivity contribution in [2.75, 3.05) is 6.54 Å². The first-order valence-corrected chi connectivity index (χ1v) is 4.37. The third-order valence-electron chi connectivity index (χ3n) is 2.93. The highest BCUT2D eigenvalue weighted by molar-refractivity contribution is 7.14. The van der Waals surface area contributed by atoms with Crippen molar-refractivity contribution in [3.05, 3.63) is 0 Å². The zero-order valence-electron chi connectivity index (χ0n) is 6.09. The molecule has 2 rings (SSSR count). The fourth-order valence-corrected chi connectivity index (χ4v) is 2.56. The third-order valence-corrected chi connectivity index (χ3v) is 3.51. The number of nitrogens with zero attached hydrogens (tertiary/aromatic N) is 1. The summed E-state index contributed by atoms with van der Waals surface area (Å²) in [4.78, 5) is 0. The van der Waals surface area contributed by atoms with E-state index in [-0.39, 0.29) is 0 Å². The van der Waals surface area contributed by atoms with Gasteiger partial charge in [0.25, 0.3) is 0 Å². The SMILES string of the molecule is [B][B][C@H]1N(P)CCC12CC2. The Morgan fingerprint density at radius 1 is 1.50 bits per heavy atom. The first-order valence-electron chi connectivity index (χ1n) is 3.85. The Kier molecular flexibility index (Phi) is 1.62. The molecule has 0 N–H and O–H groups in total. The molecule has 4 heteroatoms. The second-order valence-corrected chi connectivity index (χ2v) is 4.15. The minimum atomic E-state index is 0.539. The van der Waals surface area contributed by atoms with Crippen LogP contribution in [-0.4, -0.2) is 32.1 Å². The molecule has 1 saturated heterocycles. The maximum atomic E-state index is 5.56. The third kappa shape index (κ3) is 0.871. The van der Waals surface area contributed by atoms with Gasteiger partial charge in [0.15, 0.2) is 0 Å². The summed E-state index contributed by atoms with van der Waals surface area (Å²) in [5.41, 5.74) is 0.608. The smallest absolute Gasteiger partial charge is 0.0792 e. The monoisotopic (exact) mass is 150 g/mol. The van der Waals surface area contributed by atoms with E-state index >= 15 is 0 Å². The lowest BCUT2D eigenvalue weighted by molar-refractivity contribution is 0.454. The van der Waals surface area contributed by atoms with Crippen LogP contribution in [0.15, 0.2) is 0 Å². The molecule has 2 aliphatic rings. The van der Waals surface area contributed by atoms with Gasteiger partial charge in [-0.25, -0.2) is 0 Å². The number of rotatable bonds is 1. The summed E-state index contributed by atoms with van der Waals surface area (Å²) in [6.07, 6.45) is 4.11. The predicted molar refractivity (Wildman–Crippen MR) is 48.0 cm³/mol. The lowest BCUT2D eigenvalue weighted by atomic mass is 9.47. The Balaban J connectivity index is 2.10. The van der Waals surface area contributed by atoms with Crippen molar-refractivity contribution in [2.45, 2.75) is 25.2 Å². The average molecular weight is 150 g/mol. The van der Waals surface area contributed by atoms with Crippen molar-refractivity contribution in [1.29, 1.82) is 0 Å². The molecule has 1 saturated carbocycles. The predicted octanol–water partition coefficient (Wildman–Crippen LogP) is 0.376. The highest BCUT2D eigenvalue weighted by Gasteiger charge is 2.52. The lowest BCUT2D eigenvalue weighted by Gasteiger charge is -2.22. The molecule has 0 aromatic rings. The molecule has 0 aromatic heterocycles. The molecule has 1 spiro atoms. The van der Waals surface area contributed by atoms with Gasteiger partial charge in [0.05, 0.1) is 7.17 Å². The van der Waals surface area contributed by atoms with E-state index in [0.717, 1.165) is 0 Å². The van der Waals surface area contributed by atoms with Crippen LogP contribution < -0.4 is 0 Å². The van der Waals surface area contributed by atoms with Crippen molar-refractivity contribution in [1.82, 2.24) is 4.67 Å². The van der Waals surface area contributed by atoms with E-state index in [0.29, 0.717) is 11.4 Å². The molecule has 2 fully saturated rings. The van der Waals surface area contributed by atoms with Gasteiger partial charge in [-0.15, -0.1) is 0 Å². The quantitative estimate of drug-likeness (QED) is 0.385. The van der Waals surface area contributed by atoms with Crippen molar-refractivity contribution >= 4 is 24.3 Å². The van der Waals surface area contributed by atoms with Crippen molar-refractivity contribution in [3.63, 3.8) is 0 Å². The largest absolute Gasteiger partial charge is 0.293 e. The van der Waals surface area contributed by atoms with E-state index in [4.69, 9.17) is 7.74 Å². The van der Waals surface area contributed by atoms with Crippen LogP contribution in [0.5, 0.6) is 0 Å². The maximum absolute atomic E-state index is 5.56. The molecular formula is C6H11B2NP. The van der Waals surface area contributed by atoms with E-state index in [1.165, 1.54) is 25.8 Å². The summed E-state index contributed by atoms with van der Waals surface area (Å²) in [5.74, 6) is 0.539. The number of hydrogen-bond acceptors (Lipinski definition) is 1. The Morgan fingerprint density at radius 2 is 2.20 bits per heavy atom. The highest BCUT2D eigenvalue weighted by Crippen LogP contribution is 2.57. The summed E-state index contributed by atoms with van der Waals surface area (Å²) in [6, 6.07) is 0. The molecule has 1 aliphatic heterocycles. The van der Waals surface area contributed by atoms with E-state index in [9.17, 15) is 0 Å². The number of hydrogen-bond donors (Lipinski definition) is 0. The molecule has 0 bridgehead atoms. The van der Waals surface area contributed by atoms with Gasteiger partial charge in [-0.05, 0) is 30.6 Å². The van der Waals surface area contributed by atoms with Gasteiger partial charge in [0.1, 0.15) is 0 Å². The van der Waals surface area contributed by atoms with E-state index < -0.39 is 0 Å². The van der Waals surface area contributed by atoms with Gasteiger partial charge < -0.3 is 0 Å². The molecule has 0 aromatic carbocycles. The van der Waals surface area contributed by atoms with Gasteiger partial charge in [0, 0.05) is 14.3 Å². The fourth-order valence-electron chi connectivity index (χ4n) is 2.01. The molecule has 3 radical (unpaired) electrons. The maximum Gasteiger partial charge on any atom is 0.0792 e. The molecule has 10 heavy (non-hydrogen) atoms. The van der Waals surface area contributed by atoms with Crippen molar-refractivity contribution in [3.8, 4) is 0 Å². The first-order chi connectivity index (χ1) is 4.78. The van der Waals surface area contributed by atoms with E-state index in [2.05, 4.69) is 14.1 Å². The van der Waals surface area contributed by atoms with Gasteiger partial charge in [0.2, 0.25) is 0 Å². The van der Waals surface area contributed by atoms with Gasteiger partial charge in [-0.2, -0.15) is 0 Å². The summed E-state index contributed by atoms with van der Waals surface area (Å²) in [5, 5.41) is 0. The molecule has 1 aliphatic carbocycles. The van der Waals surface area contributed by atoms with Gasteiger partial charge >= 0.3 is 0 Å². The van der Waals surface area contributed by atoms with E-state index in [1.807, 2.05) is 7.17 Å². The van der Waals surface area contributed by atoms with Crippen LogP contribution >= 0.6 is 9.39 Å².